The lowest BCUT2D eigenvalue weighted by molar-refractivity contribution is -0.153. The van der Waals surface area contributed by atoms with Crippen LogP contribution < -0.4 is 4.74 Å². The van der Waals surface area contributed by atoms with Crippen LogP contribution in [0, 0.1) is 6.92 Å². The lowest BCUT2D eigenvalue weighted by atomic mass is 10.1. The molecule has 0 aliphatic carbocycles. The van der Waals surface area contributed by atoms with Crippen molar-refractivity contribution < 1.29 is 23.8 Å². The van der Waals surface area contributed by atoms with Gasteiger partial charge in [-0.1, -0.05) is 25.1 Å². The van der Waals surface area contributed by atoms with Crippen molar-refractivity contribution in [2.45, 2.75) is 52.4 Å². The van der Waals surface area contributed by atoms with Crippen molar-refractivity contribution in [3.05, 3.63) is 65.7 Å². The predicted octanol–water partition coefficient (Wildman–Crippen LogP) is 4.43. The monoisotopic (exact) mass is 410 g/mol. The number of aryl methyl sites for hydroxylation is 1. The quantitative estimate of drug-likeness (QED) is 0.528. The number of carbonyl (C=O) groups is 1. The van der Waals surface area contributed by atoms with Gasteiger partial charge in [-0.15, -0.1) is 0 Å². The first-order valence-electron chi connectivity index (χ1n) is 9.94. The van der Waals surface area contributed by atoms with Crippen LogP contribution in [-0.4, -0.2) is 33.3 Å². The number of rotatable bonds is 10. The Morgan fingerprint density at radius 2 is 1.97 bits per heavy atom. The van der Waals surface area contributed by atoms with Gasteiger partial charge in [0.2, 0.25) is 5.89 Å². The number of hydrogen-bond acceptors (Lipinski definition) is 6. The summed E-state index contributed by atoms with van der Waals surface area (Å²) < 4.78 is 17.1. The van der Waals surface area contributed by atoms with E-state index in [-0.39, 0.29) is 12.7 Å². The molecule has 0 aliphatic heterocycles. The minimum absolute atomic E-state index is 0.101. The van der Waals surface area contributed by atoms with Crippen molar-refractivity contribution in [1.29, 1.82) is 0 Å². The molecule has 3 aromatic rings. The zero-order valence-corrected chi connectivity index (χ0v) is 17.4. The smallest absolute Gasteiger partial charge is 0.333 e. The van der Waals surface area contributed by atoms with E-state index in [0.717, 1.165) is 12.0 Å². The first kappa shape index (κ1) is 21.5. The minimum atomic E-state index is -0.958. The molecule has 2 atom stereocenters. The maximum absolute atomic E-state index is 11.4. The number of benzene rings is 1. The molecule has 2 heterocycles. The van der Waals surface area contributed by atoms with Crippen LogP contribution in [0.1, 0.15) is 37.3 Å². The van der Waals surface area contributed by atoms with E-state index in [1.165, 1.54) is 0 Å². The van der Waals surface area contributed by atoms with E-state index in [2.05, 4.69) is 9.97 Å². The molecule has 158 valence electrons. The molecule has 1 aromatic carbocycles. The maximum Gasteiger partial charge on any atom is 0.333 e. The van der Waals surface area contributed by atoms with Crippen molar-refractivity contribution in [2.75, 3.05) is 0 Å². The number of aliphatic carboxylic acids is 1. The van der Waals surface area contributed by atoms with Gasteiger partial charge in [0.1, 0.15) is 29.5 Å². The fourth-order valence-corrected chi connectivity index (χ4v) is 2.82. The van der Waals surface area contributed by atoms with Crippen molar-refractivity contribution in [2.24, 2.45) is 0 Å². The molecule has 0 aliphatic rings. The lowest BCUT2D eigenvalue weighted by Crippen LogP contribution is -2.30. The number of nitrogens with zero attached hydrogens (tertiary/aromatic N) is 2. The number of ether oxygens (including phenoxy) is 2. The molecule has 2 unspecified atom stereocenters. The molecule has 0 saturated carbocycles. The van der Waals surface area contributed by atoms with Gasteiger partial charge in [-0.05, 0) is 50.1 Å². The summed E-state index contributed by atoms with van der Waals surface area (Å²) in [6.45, 7) is 5.94. The van der Waals surface area contributed by atoms with E-state index in [0.29, 0.717) is 35.2 Å². The second-order valence-corrected chi connectivity index (χ2v) is 7.06. The Balaban J connectivity index is 1.60. The van der Waals surface area contributed by atoms with Gasteiger partial charge >= 0.3 is 5.97 Å². The second-order valence-electron chi connectivity index (χ2n) is 7.06. The van der Waals surface area contributed by atoms with Crippen LogP contribution in [0.3, 0.4) is 0 Å². The van der Waals surface area contributed by atoms with Crippen LogP contribution in [0.15, 0.2) is 53.1 Å². The van der Waals surface area contributed by atoms with E-state index >= 15 is 0 Å². The highest BCUT2D eigenvalue weighted by molar-refractivity contribution is 5.72. The summed E-state index contributed by atoms with van der Waals surface area (Å²) >= 11 is 0. The molecule has 0 amide bonds. The Kier molecular flexibility index (Phi) is 7.19. The van der Waals surface area contributed by atoms with Gasteiger partial charge in [0, 0.05) is 12.6 Å². The van der Waals surface area contributed by atoms with E-state index < -0.39 is 12.1 Å². The molecule has 0 bridgehead atoms. The molecule has 0 radical (unpaired) electrons. The van der Waals surface area contributed by atoms with Crippen molar-refractivity contribution >= 4 is 5.97 Å². The van der Waals surface area contributed by atoms with E-state index in [1.54, 1.807) is 6.20 Å². The largest absolute Gasteiger partial charge is 0.487 e. The van der Waals surface area contributed by atoms with Gasteiger partial charge in [0.05, 0.1) is 6.10 Å². The molecule has 7 nitrogen and oxygen atoms in total. The summed E-state index contributed by atoms with van der Waals surface area (Å²) in [6.07, 6.45) is 1.79. The van der Waals surface area contributed by atoms with Crippen LogP contribution in [0.5, 0.6) is 5.75 Å². The van der Waals surface area contributed by atoms with E-state index in [9.17, 15) is 9.90 Å². The van der Waals surface area contributed by atoms with E-state index in [1.807, 2.05) is 63.2 Å². The number of carboxylic acids is 1. The minimum Gasteiger partial charge on any atom is -0.487 e. The van der Waals surface area contributed by atoms with Gasteiger partial charge in [-0.25, -0.2) is 9.78 Å². The molecule has 0 spiro atoms. The number of pyridine rings is 1. The zero-order valence-electron chi connectivity index (χ0n) is 17.4. The lowest BCUT2D eigenvalue weighted by Gasteiger charge is -2.18. The number of oxazole rings is 1. The molecule has 0 fully saturated rings. The highest BCUT2D eigenvalue weighted by atomic mass is 16.5. The van der Waals surface area contributed by atoms with Crippen molar-refractivity contribution in [3.8, 4) is 17.3 Å². The van der Waals surface area contributed by atoms with Gasteiger partial charge in [0.25, 0.3) is 0 Å². The van der Waals surface area contributed by atoms with Crippen LogP contribution in [-0.2, 0) is 22.6 Å². The molecule has 0 saturated heterocycles. The fraction of sp³-hybridized carbons (Fsp3) is 0.348. The number of hydrogen-bond donors (Lipinski definition) is 1. The summed E-state index contributed by atoms with van der Waals surface area (Å²) in [5.74, 6) is 0.845. The van der Waals surface area contributed by atoms with E-state index in [4.69, 9.17) is 13.9 Å². The summed E-state index contributed by atoms with van der Waals surface area (Å²) in [4.78, 5) is 20.2. The number of aromatic nitrogens is 2. The molecular weight excluding hydrogens is 384 g/mol. The van der Waals surface area contributed by atoms with Crippen LogP contribution in [0.25, 0.3) is 11.6 Å². The summed E-state index contributed by atoms with van der Waals surface area (Å²) in [7, 11) is 0. The Bertz CT molecular complexity index is 953. The highest BCUT2D eigenvalue weighted by Gasteiger charge is 2.21. The molecular formula is C23H26N2O5. The fourth-order valence-electron chi connectivity index (χ4n) is 2.82. The third-order valence-electron chi connectivity index (χ3n) is 4.74. The summed E-state index contributed by atoms with van der Waals surface area (Å²) in [6, 6.07) is 12.9. The third kappa shape index (κ3) is 5.67. The highest BCUT2D eigenvalue weighted by Crippen LogP contribution is 2.22. The van der Waals surface area contributed by atoms with Crippen LogP contribution in [0.4, 0.5) is 0 Å². The Labute approximate surface area is 175 Å². The van der Waals surface area contributed by atoms with Crippen molar-refractivity contribution in [3.63, 3.8) is 0 Å². The molecule has 2 aromatic heterocycles. The Morgan fingerprint density at radius 1 is 1.20 bits per heavy atom. The Hall–Kier alpha value is -3.19. The normalized spacial score (nSPS) is 13.0. The SMILES string of the molecule is CCC(C)OC(Cc1ccc(OCc2nc(-c3ccccn3)oc2C)cc1)C(=O)O. The first-order chi connectivity index (χ1) is 14.5. The average Bonchev–Trinajstić information content (AvgIpc) is 3.13. The molecule has 30 heavy (non-hydrogen) atoms. The molecule has 1 N–H and O–H groups in total. The standard InChI is InChI=1S/C23H26N2O5/c1-4-15(2)29-21(23(26)27)13-17-8-10-18(11-9-17)28-14-20-16(3)30-22(25-20)19-7-5-6-12-24-19/h5-12,15,21H,4,13-14H2,1-3H3,(H,26,27). The number of carboxylic acid groups (broad SMARTS) is 1. The zero-order chi connectivity index (χ0) is 21.5. The van der Waals surface area contributed by atoms with Gasteiger partial charge in [0.15, 0.2) is 6.10 Å². The second kappa shape index (κ2) is 10.0. The molecule has 3 rings (SSSR count). The summed E-state index contributed by atoms with van der Waals surface area (Å²) in [5.41, 5.74) is 2.24. The van der Waals surface area contributed by atoms with Gasteiger partial charge < -0.3 is 19.0 Å². The van der Waals surface area contributed by atoms with Gasteiger partial charge in [-0.2, -0.15) is 0 Å². The first-order valence-corrected chi connectivity index (χ1v) is 9.94. The van der Waals surface area contributed by atoms with Crippen LogP contribution in [0.2, 0.25) is 0 Å². The summed E-state index contributed by atoms with van der Waals surface area (Å²) in [5, 5.41) is 9.38. The van der Waals surface area contributed by atoms with Crippen molar-refractivity contribution in [1.82, 2.24) is 9.97 Å². The van der Waals surface area contributed by atoms with Gasteiger partial charge in [-0.3, -0.25) is 4.98 Å². The third-order valence-corrected chi connectivity index (χ3v) is 4.74. The Morgan fingerprint density at radius 3 is 2.60 bits per heavy atom. The predicted molar refractivity (Wildman–Crippen MR) is 111 cm³/mol. The molecule has 7 heteroatoms. The van der Waals surface area contributed by atoms with Crippen LogP contribution >= 0.6 is 0 Å². The topological polar surface area (TPSA) is 94.7 Å². The average molecular weight is 410 g/mol. The maximum atomic E-state index is 11.4.